The van der Waals surface area contributed by atoms with Crippen molar-refractivity contribution in [1.82, 2.24) is 15.1 Å². The van der Waals surface area contributed by atoms with Crippen molar-refractivity contribution in [3.8, 4) is 5.69 Å². The van der Waals surface area contributed by atoms with Crippen molar-refractivity contribution >= 4 is 39.1 Å². The van der Waals surface area contributed by atoms with Crippen LogP contribution in [0.5, 0.6) is 0 Å². The maximum Gasteiger partial charge on any atom is 0.314 e. The molecule has 2 amide bonds. The Morgan fingerprint density at radius 1 is 1.32 bits per heavy atom. The summed E-state index contributed by atoms with van der Waals surface area (Å²) >= 11 is 6.02. The summed E-state index contributed by atoms with van der Waals surface area (Å²) in [6.45, 7) is 1.45. The van der Waals surface area contributed by atoms with E-state index >= 15 is 0 Å². The normalized spacial score (nSPS) is 15.7. The quantitative estimate of drug-likeness (QED) is 0.605. The van der Waals surface area contributed by atoms with E-state index in [1.165, 1.54) is 4.68 Å². The molecule has 2 heterocycles. The Labute approximate surface area is 166 Å². The molecule has 2 aromatic rings. The van der Waals surface area contributed by atoms with Crippen LogP contribution in [0.1, 0.15) is 24.6 Å². The molecule has 1 aromatic carbocycles. The third-order valence-corrected chi connectivity index (χ3v) is 6.00. The lowest BCUT2D eigenvalue weighted by molar-refractivity contribution is -0.136. The van der Waals surface area contributed by atoms with E-state index in [-0.39, 0.29) is 23.9 Å². The molecule has 9 nitrogen and oxygen atoms in total. The fourth-order valence-corrected chi connectivity index (χ4v) is 4.54. The molecule has 0 saturated carbocycles. The largest absolute Gasteiger partial charge is 0.394 e. The van der Waals surface area contributed by atoms with Crippen LogP contribution in [0.15, 0.2) is 24.3 Å². The van der Waals surface area contributed by atoms with Crippen molar-refractivity contribution in [3.63, 3.8) is 0 Å². The zero-order valence-corrected chi connectivity index (χ0v) is 16.5. The van der Waals surface area contributed by atoms with Crippen LogP contribution in [0.3, 0.4) is 0 Å². The monoisotopic (exact) mass is 426 g/mol. The molecule has 0 bridgehead atoms. The smallest absolute Gasteiger partial charge is 0.314 e. The third kappa shape index (κ3) is 4.18. The highest BCUT2D eigenvalue weighted by Gasteiger charge is 2.34. The summed E-state index contributed by atoms with van der Waals surface area (Å²) in [6, 6.07) is 6.09. The molecular weight excluding hydrogens is 408 g/mol. The first-order valence-corrected chi connectivity index (χ1v) is 10.7. The standard InChI is InChI=1S/C17H19ClN4O5S/c1-2-11(7-23)19-16(24)17(25)20-15-13-8-28(26,27)9-14(13)21-22(15)12-5-3-4-10(18)6-12/h3-6,11,23H,2,7-9H2,1H3,(H,19,24)(H,20,25)/t11-/m0/s1. The minimum absolute atomic E-state index is 0.107. The van der Waals surface area contributed by atoms with Crippen LogP contribution in [-0.2, 0) is 30.9 Å². The zero-order valence-electron chi connectivity index (χ0n) is 15.0. The molecule has 0 spiro atoms. The molecule has 0 radical (unpaired) electrons. The summed E-state index contributed by atoms with van der Waals surface area (Å²) in [5, 5.41) is 18.8. The van der Waals surface area contributed by atoms with Gasteiger partial charge in [0.1, 0.15) is 5.82 Å². The second-order valence-corrected chi connectivity index (χ2v) is 8.91. The molecule has 11 heteroatoms. The number of hydrogen-bond donors (Lipinski definition) is 3. The van der Waals surface area contributed by atoms with Gasteiger partial charge in [-0.05, 0) is 24.6 Å². The lowest BCUT2D eigenvalue weighted by atomic mass is 10.2. The minimum atomic E-state index is -3.36. The molecule has 0 aliphatic carbocycles. The molecular formula is C17H19ClN4O5S. The van der Waals surface area contributed by atoms with Crippen LogP contribution in [0.2, 0.25) is 5.02 Å². The predicted octanol–water partition coefficient (Wildman–Crippen LogP) is 0.780. The number of carbonyl (C=O) groups excluding carboxylic acids is 2. The molecule has 1 atom stereocenters. The lowest BCUT2D eigenvalue weighted by Crippen LogP contribution is -2.43. The highest BCUT2D eigenvalue weighted by atomic mass is 35.5. The van der Waals surface area contributed by atoms with Crippen LogP contribution in [-0.4, -0.2) is 47.8 Å². The van der Waals surface area contributed by atoms with Crippen molar-refractivity contribution in [2.24, 2.45) is 0 Å². The number of amides is 2. The first-order valence-electron chi connectivity index (χ1n) is 8.54. The van der Waals surface area contributed by atoms with Crippen molar-refractivity contribution in [2.45, 2.75) is 30.9 Å². The number of rotatable bonds is 5. The lowest BCUT2D eigenvalue weighted by Gasteiger charge is -2.15. The third-order valence-electron chi connectivity index (χ3n) is 4.33. The van der Waals surface area contributed by atoms with Gasteiger partial charge < -0.3 is 15.7 Å². The predicted molar refractivity (Wildman–Crippen MR) is 103 cm³/mol. The van der Waals surface area contributed by atoms with Crippen LogP contribution >= 0.6 is 11.6 Å². The number of carbonyl (C=O) groups is 2. The van der Waals surface area contributed by atoms with Gasteiger partial charge in [0.15, 0.2) is 9.84 Å². The molecule has 3 rings (SSSR count). The van der Waals surface area contributed by atoms with E-state index in [2.05, 4.69) is 15.7 Å². The van der Waals surface area contributed by atoms with E-state index in [0.29, 0.717) is 28.4 Å². The number of benzene rings is 1. The van der Waals surface area contributed by atoms with Crippen LogP contribution in [0, 0.1) is 0 Å². The fraction of sp³-hybridized carbons (Fsp3) is 0.353. The Bertz CT molecular complexity index is 1030. The highest BCUT2D eigenvalue weighted by Crippen LogP contribution is 2.33. The molecule has 150 valence electrons. The Morgan fingerprint density at radius 2 is 2.07 bits per heavy atom. The van der Waals surface area contributed by atoms with E-state index in [0.717, 1.165) is 0 Å². The fourth-order valence-electron chi connectivity index (χ4n) is 2.86. The first-order chi connectivity index (χ1) is 13.2. The average Bonchev–Trinajstić information content (AvgIpc) is 3.12. The minimum Gasteiger partial charge on any atom is -0.394 e. The number of aliphatic hydroxyl groups excluding tert-OH is 1. The number of nitrogens with zero attached hydrogens (tertiary/aromatic N) is 2. The Balaban J connectivity index is 1.95. The number of nitrogens with one attached hydrogen (secondary N) is 2. The summed E-state index contributed by atoms with van der Waals surface area (Å²) in [6.07, 6.45) is 0.448. The van der Waals surface area contributed by atoms with Gasteiger partial charge in [0.05, 0.1) is 35.5 Å². The zero-order chi connectivity index (χ0) is 20.5. The van der Waals surface area contributed by atoms with Crippen LogP contribution < -0.4 is 10.6 Å². The maximum absolute atomic E-state index is 12.4. The van der Waals surface area contributed by atoms with Crippen LogP contribution in [0.25, 0.3) is 5.69 Å². The Morgan fingerprint density at radius 3 is 2.71 bits per heavy atom. The van der Waals surface area contributed by atoms with Gasteiger partial charge in [-0.3, -0.25) is 9.59 Å². The highest BCUT2D eigenvalue weighted by molar-refractivity contribution is 7.90. The second kappa shape index (κ2) is 7.90. The topological polar surface area (TPSA) is 130 Å². The first kappa shape index (κ1) is 20.3. The van der Waals surface area contributed by atoms with Gasteiger partial charge in [0.25, 0.3) is 0 Å². The number of aromatic nitrogens is 2. The number of anilines is 1. The molecule has 0 saturated heterocycles. The number of halogens is 1. The van der Waals surface area contributed by atoms with Gasteiger partial charge in [-0.15, -0.1) is 0 Å². The molecule has 1 aliphatic heterocycles. The molecule has 0 fully saturated rings. The number of aliphatic hydroxyl groups is 1. The van der Waals surface area contributed by atoms with Gasteiger partial charge in [-0.25, -0.2) is 13.1 Å². The van der Waals surface area contributed by atoms with Gasteiger partial charge in [0.2, 0.25) is 0 Å². The van der Waals surface area contributed by atoms with E-state index in [9.17, 15) is 23.1 Å². The summed E-state index contributed by atoms with van der Waals surface area (Å²) < 4.78 is 25.3. The summed E-state index contributed by atoms with van der Waals surface area (Å²) in [7, 11) is -3.36. The molecule has 0 unspecified atom stereocenters. The van der Waals surface area contributed by atoms with Crippen molar-refractivity contribution in [2.75, 3.05) is 11.9 Å². The number of hydrogen-bond acceptors (Lipinski definition) is 6. The maximum atomic E-state index is 12.4. The van der Waals surface area contributed by atoms with E-state index in [1.54, 1.807) is 31.2 Å². The second-order valence-electron chi connectivity index (χ2n) is 6.41. The number of sulfone groups is 1. The van der Waals surface area contributed by atoms with E-state index in [1.807, 2.05) is 0 Å². The Kier molecular flexibility index (Phi) is 5.73. The SMILES string of the molecule is CC[C@@H](CO)NC(=O)C(=O)Nc1c2c(nn1-c1cccc(Cl)c1)CS(=O)(=O)C2. The van der Waals surface area contributed by atoms with Gasteiger partial charge in [-0.2, -0.15) is 5.10 Å². The van der Waals surface area contributed by atoms with Gasteiger partial charge >= 0.3 is 11.8 Å². The van der Waals surface area contributed by atoms with Crippen molar-refractivity contribution in [3.05, 3.63) is 40.5 Å². The molecule has 1 aliphatic rings. The summed E-state index contributed by atoms with van der Waals surface area (Å²) in [5.41, 5.74) is 1.17. The van der Waals surface area contributed by atoms with Gasteiger partial charge in [-0.1, -0.05) is 24.6 Å². The molecule has 3 N–H and O–H groups in total. The summed E-state index contributed by atoms with van der Waals surface area (Å²) in [5.74, 6) is -2.34. The van der Waals surface area contributed by atoms with Crippen molar-refractivity contribution < 1.29 is 23.1 Å². The number of fused-ring (bicyclic) bond motifs is 1. The Hall–Kier alpha value is -2.43. The average molecular weight is 427 g/mol. The molecule has 28 heavy (non-hydrogen) atoms. The van der Waals surface area contributed by atoms with E-state index in [4.69, 9.17) is 11.6 Å². The summed E-state index contributed by atoms with van der Waals surface area (Å²) in [4.78, 5) is 24.5. The van der Waals surface area contributed by atoms with Gasteiger partial charge in [0, 0.05) is 10.6 Å². The van der Waals surface area contributed by atoms with Crippen molar-refractivity contribution in [1.29, 1.82) is 0 Å². The molecule has 1 aromatic heterocycles. The van der Waals surface area contributed by atoms with E-state index < -0.39 is 27.7 Å². The van der Waals surface area contributed by atoms with Crippen LogP contribution in [0.4, 0.5) is 5.82 Å².